The van der Waals surface area contributed by atoms with Gasteiger partial charge in [0.15, 0.2) is 0 Å². The van der Waals surface area contributed by atoms with Crippen molar-refractivity contribution in [1.82, 2.24) is 20.4 Å². The summed E-state index contributed by atoms with van der Waals surface area (Å²) in [5.74, 6) is 0.0620. The van der Waals surface area contributed by atoms with Gasteiger partial charge in [-0.25, -0.2) is 4.98 Å². The third kappa shape index (κ3) is 2.27. The topological polar surface area (TPSA) is 71.3 Å². The molecule has 2 saturated heterocycles. The van der Waals surface area contributed by atoms with Crippen LogP contribution >= 0.6 is 0 Å². The van der Waals surface area contributed by atoms with Crippen LogP contribution in [0.4, 0.5) is 0 Å². The van der Waals surface area contributed by atoms with Crippen LogP contribution in [0.15, 0.2) is 16.8 Å². The third-order valence-electron chi connectivity index (χ3n) is 4.80. The minimum Gasteiger partial charge on any atom is -0.337 e. The van der Waals surface area contributed by atoms with Crippen LogP contribution in [0.1, 0.15) is 42.2 Å². The maximum Gasteiger partial charge on any atom is 0.257 e. The zero-order chi connectivity index (χ0) is 15.1. The highest BCUT2D eigenvalue weighted by Crippen LogP contribution is 2.23. The van der Waals surface area contributed by atoms with Gasteiger partial charge in [0.1, 0.15) is 0 Å². The normalized spacial score (nSPS) is 24.7. The molecule has 116 valence electrons. The lowest BCUT2D eigenvalue weighted by Gasteiger charge is -2.24. The highest BCUT2D eigenvalue weighted by atomic mass is 16.5. The van der Waals surface area contributed by atoms with Crippen molar-refractivity contribution in [3.05, 3.63) is 23.5 Å². The van der Waals surface area contributed by atoms with Gasteiger partial charge in [-0.05, 0) is 31.7 Å². The van der Waals surface area contributed by atoms with E-state index in [2.05, 4.69) is 15.5 Å². The molecule has 2 aliphatic heterocycles. The Morgan fingerprint density at radius 3 is 3.14 bits per heavy atom. The number of nitrogens with zero attached hydrogens (tertiary/aromatic N) is 3. The second-order valence-electron chi connectivity index (χ2n) is 6.24. The number of likely N-dealkylation sites (tertiary alicyclic amines) is 1. The summed E-state index contributed by atoms with van der Waals surface area (Å²) in [4.78, 5) is 19.0. The van der Waals surface area contributed by atoms with Crippen molar-refractivity contribution in [3.8, 4) is 0 Å². The number of rotatable bonds is 2. The molecule has 2 fully saturated rings. The van der Waals surface area contributed by atoms with Crippen molar-refractivity contribution in [1.29, 1.82) is 0 Å². The fraction of sp³-hybridized carbons (Fsp3) is 0.562. The molecule has 0 saturated carbocycles. The molecule has 0 aromatic carbocycles. The fourth-order valence-corrected chi connectivity index (χ4v) is 3.56. The Hall–Kier alpha value is -1.95. The molecule has 2 aromatic rings. The van der Waals surface area contributed by atoms with E-state index in [1.54, 1.807) is 6.20 Å². The highest BCUT2D eigenvalue weighted by molar-refractivity contribution is 5.97. The van der Waals surface area contributed by atoms with Crippen molar-refractivity contribution >= 4 is 17.0 Å². The van der Waals surface area contributed by atoms with Crippen LogP contribution in [0, 0.1) is 0 Å². The Labute approximate surface area is 128 Å². The molecule has 22 heavy (non-hydrogen) atoms. The monoisotopic (exact) mass is 300 g/mol. The van der Waals surface area contributed by atoms with Crippen molar-refractivity contribution in [2.75, 3.05) is 13.1 Å². The van der Waals surface area contributed by atoms with Crippen LogP contribution in [0.25, 0.3) is 11.1 Å². The Bertz CT molecular complexity index is 711. The Balaban J connectivity index is 1.61. The van der Waals surface area contributed by atoms with Crippen LogP contribution in [0.2, 0.25) is 0 Å². The number of aryl methyl sites for hydroxylation is 1. The average Bonchev–Trinajstić information content (AvgIpc) is 3.08. The summed E-state index contributed by atoms with van der Waals surface area (Å²) in [5, 5.41) is 8.45. The van der Waals surface area contributed by atoms with E-state index in [9.17, 15) is 4.79 Å². The van der Waals surface area contributed by atoms with E-state index in [4.69, 9.17) is 4.52 Å². The molecule has 1 N–H and O–H groups in total. The smallest absolute Gasteiger partial charge is 0.257 e. The molecule has 4 rings (SSSR count). The van der Waals surface area contributed by atoms with E-state index in [1.807, 2.05) is 17.9 Å². The van der Waals surface area contributed by atoms with Crippen LogP contribution in [-0.2, 0) is 6.42 Å². The van der Waals surface area contributed by atoms with Crippen LogP contribution < -0.4 is 5.32 Å². The molecule has 2 aromatic heterocycles. The van der Waals surface area contributed by atoms with Gasteiger partial charge in [-0.15, -0.1) is 0 Å². The first-order valence-electron chi connectivity index (χ1n) is 8.04. The fourth-order valence-electron chi connectivity index (χ4n) is 3.56. The number of hydrogen-bond donors (Lipinski definition) is 1. The number of aromatic nitrogens is 2. The molecule has 1 amide bonds. The molecule has 2 unspecified atom stereocenters. The molecule has 0 radical (unpaired) electrons. The van der Waals surface area contributed by atoms with Gasteiger partial charge in [0.2, 0.25) is 0 Å². The van der Waals surface area contributed by atoms with Crippen molar-refractivity contribution in [3.63, 3.8) is 0 Å². The van der Waals surface area contributed by atoms with E-state index >= 15 is 0 Å². The van der Waals surface area contributed by atoms with Gasteiger partial charge in [0.05, 0.1) is 16.6 Å². The van der Waals surface area contributed by atoms with Crippen molar-refractivity contribution in [2.24, 2.45) is 0 Å². The molecule has 6 heteroatoms. The van der Waals surface area contributed by atoms with Gasteiger partial charge in [0, 0.05) is 31.4 Å². The molecule has 4 heterocycles. The second kappa shape index (κ2) is 5.35. The van der Waals surface area contributed by atoms with E-state index in [-0.39, 0.29) is 5.91 Å². The lowest BCUT2D eigenvalue weighted by atomic mass is 10.1. The number of hydrogen-bond acceptors (Lipinski definition) is 5. The van der Waals surface area contributed by atoms with Crippen LogP contribution in [0.5, 0.6) is 0 Å². The summed E-state index contributed by atoms with van der Waals surface area (Å²) in [6, 6.07) is 2.89. The number of fused-ring (bicyclic) bond motifs is 3. The first-order valence-corrected chi connectivity index (χ1v) is 8.04. The molecule has 2 atom stereocenters. The minimum absolute atomic E-state index is 0.0620. The van der Waals surface area contributed by atoms with Gasteiger partial charge < -0.3 is 14.7 Å². The summed E-state index contributed by atoms with van der Waals surface area (Å²) in [7, 11) is 0. The molecule has 0 aliphatic carbocycles. The lowest BCUT2D eigenvalue weighted by molar-refractivity contribution is 0.0748. The average molecular weight is 300 g/mol. The SMILES string of the molecule is CCc1noc2ncc(C(=O)N3CCC4CCC(C3)N4)cc12. The summed E-state index contributed by atoms with van der Waals surface area (Å²) in [5.41, 5.74) is 1.99. The van der Waals surface area contributed by atoms with Gasteiger partial charge >= 0.3 is 0 Å². The number of carbonyl (C=O) groups is 1. The quantitative estimate of drug-likeness (QED) is 0.915. The zero-order valence-electron chi connectivity index (χ0n) is 12.7. The van der Waals surface area contributed by atoms with E-state index in [0.717, 1.165) is 43.4 Å². The molecular formula is C16H20N4O2. The number of carbonyl (C=O) groups excluding carboxylic acids is 1. The second-order valence-corrected chi connectivity index (χ2v) is 6.24. The Morgan fingerprint density at radius 2 is 2.27 bits per heavy atom. The van der Waals surface area contributed by atoms with Crippen LogP contribution in [0.3, 0.4) is 0 Å². The first kappa shape index (κ1) is 13.7. The minimum atomic E-state index is 0.0620. The molecule has 2 aliphatic rings. The highest BCUT2D eigenvalue weighted by Gasteiger charge is 2.31. The molecule has 0 spiro atoms. The van der Waals surface area contributed by atoms with Gasteiger partial charge in [0.25, 0.3) is 11.6 Å². The first-order chi connectivity index (χ1) is 10.7. The summed E-state index contributed by atoms with van der Waals surface area (Å²) in [6.45, 7) is 3.62. The molecule has 2 bridgehead atoms. The predicted molar refractivity (Wildman–Crippen MR) is 81.6 cm³/mol. The summed E-state index contributed by atoms with van der Waals surface area (Å²) >= 11 is 0. The standard InChI is InChI=1S/C16H20N4O2/c1-2-14-13-7-10(8-17-15(13)22-19-14)16(21)20-6-5-11-3-4-12(9-20)18-11/h7-8,11-12,18H,2-6,9H2,1H3. The van der Waals surface area contributed by atoms with Crippen molar-refractivity contribution in [2.45, 2.75) is 44.7 Å². The van der Waals surface area contributed by atoms with E-state index in [1.165, 1.54) is 6.42 Å². The lowest BCUT2D eigenvalue weighted by Crippen LogP contribution is -2.39. The molecule has 6 nitrogen and oxygen atoms in total. The van der Waals surface area contributed by atoms with Gasteiger partial charge in [-0.3, -0.25) is 4.79 Å². The number of nitrogens with one attached hydrogen (secondary N) is 1. The van der Waals surface area contributed by atoms with Gasteiger partial charge in [-0.1, -0.05) is 12.1 Å². The Kier molecular flexibility index (Phi) is 3.33. The summed E-state index contributed by atoms with van der Waals surface area (Å²) in [6.07, 6.45) is 5.80. The summed E-state index contributed by atoms with van der Waals surface area (Å²) < 4.78 is 5.18. The molecular weight excluding hydrogens is 280 g/mol. The maximum absolute atomic E-state index is 12.8. The third-order valence-corrected chi connectivity index (χ3v) is 4.80. The number of amides is 1. The largest absolute Gasteiger partial charge is 0.337 e. The zero-order valence-corrected chi connectivity index (χ0v) is 12.7. The van der Waals surface area contributed by atoms with Gasteiger partial charge in [-0.2, -0.15) is 0 Å². The van der Waals surface area contributed by atoms with Crippen molar-refractivity contribution < 1.29 is 9.32 Å². The number of pyridine rings is 1. The van der Waals surface area contributed by atoms with Crippen LogP contribution in [-0.4, -0.2) is 46.1 Å². The van der Waals surface area contributed by atoms with E-state index < -0.39 is 0 Å². The predicted octanol–water partition coefficient (Wildman–Crippen LogP) is 1.75. The van der Waals surface area contributed by atoms with E-state index in [0.29, 0.717) is 23.4 Å². The Morgan fingerprint density at radius 1 is 1.41 bits per heavy atom. The maximum atomic E-state index is 12.8.